The van der Waals surface area contributed by atoms with Crippen LogP contribution < -0.4 is 0 Å². The smallest absolute Gasteiger partial charge is 0.457 e. The van der Waals surface area contributed by atoms with Crippen molar-refractivity contribution in [2.45, 2.75) is 135 Å². The van der Waals surface area contributed by atoms with Gasteiger partial charge in [0, 0.05) is 24.5 Å². The van der Waals surface area contributed by atoms with Crippen LogP contribution in [0.25, 0.3) is 0 Å². The maximum absolute atomic E-state index is 13.9. The summed E-state index contributed by atoms with van der Waals surface area (Å²) in [5.41, 5.74) is -2.83. The van der Waals surface area contributed by atoms with E-state index in [1.807, 2.05) is 58.6 Å². The molecular weight excluding hydrogens is 560 g/mol. The largest absolute Gasteiger partial charge is 0.509 e. The average molecular weight is 615 g/mol. The Labute approximate surface area is 256 Å². The van der Waals surface area contributed by atoms with Crippen molar-refractivity contribution in [3.63, 3.8) is 0 Å². The van der Waals surface area contributed by atoms with Gasteiger partial charge >= 0.3 is 12.1 Å². The van der Waals surface area contributed by atoms with E-state index < -0.39 is 71.7 Å². The lowest BCUT2D eigenvalue weighted by Gasteiger charge is -2.45. The highest BCUT2D eigenvalue weighted by Crippen LogP contribution is 2.39. The Hall–Kier alpha value is -1.83. The number of fused-ring (bicyclic) bond motifs is 1. The van der Waals surface area contributed by atoms with E-state index in [-0.39, 0.29) is 30.5 Å². The van der Waals surface area contributed by atoms with Crippen LogP contribution in [0.4, 0.5) is 4.79 Å². The minimum atomic E-state index is -1.55. The molecule has 2 N–H and O–H groups in total. The van der Waals surface area contributed by atoms with Crippen LogP contribution in [0.2, 0.25) is 0 Å². The first-order chi connectivity index (χ1) is 19.8. The molecule has 0 radical (unpaired) electrons. The van der Waals surface area contributed by atoms with Gasteiger partial charge in [-0.3, -0.25) is 14.5 Å². The molecule has 0 aliphatic carbocycles. The van der Waals surface area contributed by atoms with Crippen LogP contribution in [0.1, 0.15) is 74.7 Å². The van der Waals surface area contributed by atoms with E-state index >= 15 is 0 Å². The second-order valence-electron chi connectivity index (χ2n) is 13.8. The lowest BCUT2D eigenvalue weighted by molar-refractivity contribution is -0.293. The predicted octanol–water partition coefficient (Wildman–Crippen LogP) is 2.37. The van der Waals surface area contributed by atoms with Crippen molar-refractivity contribution in [1.29, 1.82) is 0 Å². The molecule has 0 aromatic carbocycles. The number of ketones is 1. The summed E-state index contributed by atoms with van der Waals surface area (Å²) in [4.78, 5) is 43.6. The number of likely N-dealkylation sites (N-methyl/N-ethyl adjacent to an activating group) is 2. The Kier molecular flexibility index (Phi) is 11.3. The van der Waals surface area contributed by atoms with Gasteiger partial charge < -0.3 is 38.8 Å². The molecule has 248 valence electrons. The van der Waals surface area contributed by atoms with E-state index in [0.29, 0.717) is 19.4 Å². The highest BCUT2D eigenvalue weighted by molar-refractivity contribution is 6.00. The highest BCUT2D eigenvalue weighted by atomic mass is 16.8. The number of aliphatic hydroxyl groups excluding tert-OH is 1. The van der Waals surface area contributed by atoms with Gasteiger partial charge in [0.25, 0.3) is 0 Å². The molecule has 3 aliphatic heterocycles. The average Bonchev–Trinajstić information content (AvgIpc) is 3.22. The molecule has 3 saturated heterocycles. The molecule has 0 aromatic rings. The van der Waals surface area contributed by atoms with Crippen LogP contribution in [0.5, 0.6) is 0 Å². The summed E-state index contributed by atoms with van der Waals surface area (Å²) < 4.78 is 29.5. The SMILES string of the molecule is CC[C@H]1OC(=O)[C@H](C)C(=O)[C@H](C)[C@@H](O[C@@H]2O[C@H](C)CC(N(C)C)[C@H]2O)[C@](C)(O)C[C@@H](C)CN(C)[C@H](C)[C@H]2OC(=O)O[C@@]21C. The quantitative estimate of drug-likeness (QED) is 0.354. The zero-order valence-corrected chi connectivity index (χ0v) is 27.7. The van der Waals surface area contributed by atoms with Gasteiger partial charge in [0.15, 0.2) is 23.8 Å². The van der Waals surface area contributed by atoms with Crippen molar-refractivity contribution in [2.75, 3.05) is 27.7 Å². The van der Waals surface area contributed by atoms with Gasteiger partial charge in [-0.05, 0) is 80.9 Å². The van der Waals surface area contributed by atoms with E-state index in [4.69, 9.17) is 23.7 Å². The molecular formula is C31H54N2O10. The molecule has 0 bridgehead atoms. The van der Waals surface area contributed by atoms with Crippen molar-refractivity contribution in [2.24, 2.45) is 17.8 Å². The highest BCUT2D eigenvalue weighted by Gasteiger charge is 2.57. The fourth-order valence-corrected chi connectivity index (χ4v) is 7.19. The lowest BCUT2D eigenvalue weighted by atomic mass is 9.78. The second kappa shape index (κ2) is 13.7. The molecule has 1 unspecified atom stereocenters. The number of hydrogen-bond donors (Lipinski definition) is 2. The van der Waals surface area contributed by atoms with Crippen LogP contribution >= 0.6 is 0 Å². The number of esters is 1. The molecule has 12 nitrogen and oxygen atoms in total. The van der Waals surface area contributed by atoms with Gasteiger partial charge in [0.2, 0.25) is 0 Å². The number of aliphatic hydroxyl groups is 2. The summed E-state index contributed by atoms with van der Waals surface area (Å²) in [6.07, 6.45) is -4.78. The predicted molar refractivity (Wildman–Crippen MR) is 157 cm³/mol. The van der Waals surface area contributed by atoms with E-state index in [2.05, 4.69) is 0 Å². The first kappa shape index (κ1) is 35.6. The van der Waals surface area contributed by atoms with Gasteiger partial charge in [0.05, 0.1) is 17.8 Å². The number of cyclic esters (lactones) is 1. The third kappa shape index (κ3) is 7.53. The third-order valence-electron chi connectivity index (χ3n) is 9.71. The van der Waals surface area contributed by atoms with Crippen molar-refractivity contribution in [3.8, 4) is 0 Å². The molecule has 3 fully saturated rings. The maximum atomic E-state index is 13.9. The Morgan fingerprint density at radius 1 is 1.07 bits per heavy atom. The van der Waals surface area contributed by atoms with E-state index in [9.17, 15) is 24.6 Å². The fraction of sp³-hybridized carbons (Fsp3) is 0.903. The Balaban J connectivity index is 2.02. The zero-order valence-electron chi connectivity index (χ0n) is 27.7. The van der Waals surface area contributed by atoms with Crippen LogP contribution in [0, 0.1) is 17.8 Å². The number of rotatable bonds is 4. The number of hydrogen-bond acceptors (Lipinski definition) is 12. The normalized spacial score (nSPS) is 45.9. The van der Waals surface area contributed by atoms with Crippen LogP contribution in [0.3, 0.4) is 0 Å². The van der Waals surface area contributed by atoms with Crippen LogP contribution in [-0.2, 0) is 33.3 Å². The molecule has 0 saturated carbocycles. The molecule has 12 heteroatoms. The molecule has 3 heterocycles. The van der Waals surface area contributed by atoms with Crippen molar-refractivity contribution in [3.05, 3.63) is 0 Å². The van der Waals surface area contributed by atoms with Crippen LogP contribution in [0.15, 0.2) is 0 Å². The van der Waals surface area contributed by atoms with Gasteiger partial charge in [-0.1, -0.05) is 20.8 Å². The van der Waals surface area contributed by atoms with Crippen molar-refractivity contribution in [1.82, 2.24) is 9.80 Å². The number of nitrogens with zero attached hydrogens (tertiary/aromatic N) is 2. The van der Waals surface area contributed by atoms with E-state index in [0.717, 1.165) is 0 Å². The fourth-order valence-electron chi connectivity index (χ4n) is 7.19. The Morgan fingerprint density at radius 2 is 1.70 bits per heavy atom. The molecule has 13 atom stereocenters. The number of Topliss-reactive ketones (excluding diaryl/α,β-unsaturated/α-hetero) is 1. The second-order valence-corrected chi connectivity index (χ2v) is 13.8. The zero-order chi connectivity index (χ0) is 32.6. The first-order valence-corrected chi connectivity index (χ1v) is 15.6. The summed E-state index contributed by atoms with van der Waals surface area (Å²) in [6.45, 7) is 14.5. The Morgan fingerprint density at radius 3 is 2.28 bits per heavy atom. The first-order valence-electron chi connectivity index (χ1n) is 15.6. The maximum Gasteiger partial charge on any atom is 0.509 e. The number of carbonyl (C=O) groups is 3. The van der Waals surface area contributed by atoms with Gasteiger partial charge in [-0.25, -0.2) is 4.79 Å². The number of carbonyl (C=O) groups excluding carboxylic acids is 3. The van der Waals surface area contributed by atoms with Gasteiger partial charge in [-0.2, -0.15) is 0 Å². The van der Waals surface area contributed by atoms with Gasteiger partial charge in [-0.15, -0.1) is 0 Å². The molecule has 3 aliphatic rings. The molecule has 0 spiro atoms. The standard InChI is InChI=1S/C31H54N2O10/c1-12-22-31(8)26(42-29(37)43-31)20(6)33(11)15-16(2)14-30(7,38)25(18(4)23(34)19(5)27(36)40-22)41-28-24(35)21(32(9)10)13-17(3)39-28/h16-22,24-26,28,35,38H,12-15H2,1-11H3/t16-,17-,18+,19-,20-,21?,22-,24-,25-,26-,28+,30-,31-/m1/s1. The summed E-state index contributed by atoms with van der Waals surface area (Å²) in [5, 5.41) is 23.2. The number of ether oxygens (including phenoxy) is 5. The topological polar surface area (TPSA) is 144 Å². The summed E-state index contributed by atoms with van der Waals surface area (Å²) in [5.74, 6) is -3.53. The van der Waals surface area contributed by atoms with Gasteiger partial charge in [0.1, 0.15) is 18.1 Å². The van der Waals surface area contributed by atoms with Crippen molar-refractivity contribution < 1.29 is 48.3 Å². The van der Waals surface area contributed by atoms with Crippen LogP contribution in [-0.4, -0.2) is 126 Å². The van der Waals surface area contributed by atoms with E-state index in [1.54, 1.807) is 20.8 Å². The minimum Gasteiger partial charge on any atom is -0.457 e. The summed E-state index contributed by atoms with van der Waals surface area (Å²) in [7, 11) is 5.63. The lowest BCUT2D eigenvalue weighted by Crippen LogP contribution is -2.58. The minimum absolute atomic E-state index is 0.104. The third-order valence-corrected chi connectivity index (χ3v) is 9.71. The monoisotopic (exact) mass is 614 g/mol. The molecule has 43 heavy (non-hydrogen) atoms. The Bertz CT molecular complexity index is 1010. The summed E-state index contributed by atoms with van der Waals surface area (Å²) >= 11 is 0. The van der Waals surface area contributed by atoms with Crippen molar-refractivity contribution >= 4 is 17.9 Å². The molecule has 0 amide bonds. The molecule has 3 rings (SSSR count). The molecule has 0 aromatic heterocycles. The van der Waals surface area contributed by atoms with E-state index in [1.165, 1.54) is 6.92 Å². The summed E-state index contributed by atoms with van der Waals surface area (Å²) in [6, 6.07) is -0.583.